The number of rotatable bonds is 6. The van der Waals surface area contributed by atoms with Gasteiger partial charge in [0.05, 0.1) is 13.2 Å². The summed E-state index contributed by atoms with van der Waals surface area (Å²) in [5, 5.41) is 14.5. The monoisotopic (exact) mass is 665 g/mol. The normalized spacial score (nSPS) is 31.4. The third kappa shape index (κ3) is 7.08. The van der Waals surface area contributed by atoms with Crippen molar-refractivity contribution < 1.29 is 19.1 Å². The van der Waals surface area contributed by atoms with Crippen LogP contribution >= 0.6 is 0 Å². The summed E-state index contributed by atoms with van der Waals surface area (Å²) in [6.45, 7) is 12.8. The molecule has 2 saturated carbocycles. The lowest BCUT2D eigenvalue weighted by Gasteiger charge is -2.51. The zero-order valence-corrected chi connectivity index (χ0v) is 29.0. The van der Waals surface area contributed by atoms with Gasteiger partial charge in [-0.15, -0.1) is 10.2 Å². The van der Waals surface area contributed by atoms with Gasteiger partial charge in [-0.3, -0.25) is 0 Å². The van der Waals surface area contributed by atoms with Gasteiger partial charge >= 0.3 is 12.2 Å². The second kappa shape index (κ2) is 14.3. The molecule has 2 aromatic heterocycles. The molecule has 1 N–H and O–H groups in total. The highest BCUT2D eigenvalue weighted by atomic mass is 16.6. The molecule has 2 amide bonds. The molecular weight excluding hydrogens is 610 g/mol. The molecule has 6 aliphatic rings. The molecule has 0 atom stereocenters. The van der Waals surface area contributed by atoms with Crippen molar-refractivity contribution >= 4 is 12.2 Å². The van der Waals surface area contributed by atoms with Crippen LogP contribution < -0.4 is 0 Å². The summed E-state index contributed by atoms with van der Waals surface area (Å²) >= 11 is 0. The number of piperidine rings is 2. The number of ether oxygens (including phenoxy) is 2. The summed E-state index contributed by atoms with van der Waals surface area (Å²) in [5.41, 5.74) is 0.733. The molecule has 13 nitrogen and oxygen atoms in total. The van der Waals surface area contributed by atoms with E-state index in [2.05, 4.69) is 59.5 Å². The van der Waals surface area contributed by atoms with E-state index in [0.717, 1.165) is 76.8 Å². The Labute approximate surface area is 284 Å². The fourth-order valence-corrected chi connectivity index (χ4v) is 9.68. The van der Waals surface area contributed by atoms with Crippen LogP contribution in [0.2, 0.25) is 0 Å². The van der Waals surface area contributed by atoms with Crippen LogP contribution in [0.25, 0.3) is 0 Å². The number of carbonyl (C=O) groups excluding carboxylic acids is 2. The third-order valence-electron chi connectivity index (χ3n) is 12.4. The van der Waals surface area contributed by atoms with Gasteiger partial charge in [-0.05, 0) is 114 Å². The molecule has 4 saturated heterocycles. The maximum Gasteiger partial charge on any atom is 0.409 e. The van der Waals surface area contributed by atoms with Crippen LogP contribution in [0.5, 0.6) is 0 Å². The molecule has 4 aliphatic heterocycles. The largest absolute Gasteiger partial charge is 0.450 e. The van der Waals surface area contributed by atoms with Gasteiger partial charge in [0.1, 0.15) is 0 Å². The van der Waals surface area contributed by atoms with Gasteiger partial charge in [-0.25, -0.2) is 9.59 Å². The molecule has 6 heterocycles. The SMILES string of the molecule is CCOC(=O)N1CCC2(CC(N3CCC(c4nn[nH]n4)CC3)C2)C1.CCOC(=O)N1CCC2(CC(N3CCC(n4cccc4)CC3)C2)C1. The summed E-state index contributed by atoms with van der Waals surface area (Å²) in [7, 11) is 0. The van der Waals surface area contributed by atoms with E-state index >= 15 is 0 Å². The van der Waals surface area contributed by atoms with Gasteiger partial charge in [0.25, 0.3) is 0 Å². The number of aromatic amines is 1. The van der Waals surface area contributed by atoms with E-state index in [1.54, 1.807) is 0 Å². The average molecular weight is 666 g/mol. The van der Waals surface area contributed by atoms with Crippen LogP contribution in [0.4, 0.5) is 9.59 Å². The lowest BCUT2D eigenvalue weighted by Crippen LogP contribution is -2.54. The summed E-state index contributed by atoms with van der Waals surface area (Å²) in [4.78, 5) is 32.9. The Bertz CT molecular complexity index is 1220. The van der Waals surface area contributed by atoms with Gasteiger partial charge in [-0.2, -0.15) is 5.21 Å². The molecule has 264 valence electrons. The Morgan fingerprint density at radius 3 is 1.71 bits per heavy atom. The molecule has 13 heteroatoms. The van der Waals surface area contributed by atoms with Crippen LogP contribution in [-0.4, -0.2) is 135 Å². The number of hydrogen-bond donors (Lipinski definition) is 1. The maximum absolute atomic E-state index is 11.9. The van der Waals surface area contributed by atoms with Gasteiger partial charge in [-0.1, -0.05) is 5.21 Å². The Morgan fingerprint density at radius 1 is 0.750 bits per heavy atom. The van der Waals surface area contributed by atoms with Crippen molar-refractivity contribution in [3.8, 4) is 0 Å². The highest BCUT2D eigenvalue weighted by molar-refractivity contribution is 5.68. The molecule has 0 bridgehead atoms. The van der Waals surface area contributed by atoms with Crippen LogP contribution in [0.1, 0.15) is 95.8 Å². The number of nitrogens with one attached hydrogen (secondary N) is 1. The second-order valence-corrected chi connectivity index (χ2v) is 15.3. The van der Waals surface area contributed by atoms with E-state index in [1.807, 2.05) is 23.6 Å². The topological polar surface area (TPSA) is 125 Å². The Hall–Kier alpha value is -3.19. The van der Waals surface area contributed by atoms with Crippen LogP contribution in [-0.2, 0) is 9.47 Å². The van der Waals surface area contributed by atoms with Gasteiger partial charge < -0.3 is 33.6 Å². The first kappa shape index (κ1) is 33.3. The first-order valence-electron chi connectivity index (χ1n) is 18.6. The van der Waals surface area contributed by atoms with Crippen LogP contribution in [0.15, 0.2) is 24.5 Å². The average Bonchev–Trinajstić information content (AvgIpc) is 3.91. The first-order valence-corrected chi connectivity index (χ1v) is 18.6. The van der Waals surface area contributed by atoms with E-state index in [-0.39, 0.29) is 12.2 Å². The molecule has 2 aromatic rings. The van der Waals surface area contributed by atoms with Crippen molar-refractivity contribution in [2.45, 2.75) is 102 Å². The van der Waals surface area contributed by atoms with Crippen molar-refractivity contribution in [3.05, 3.63) is 30.4 Å². The molecule has 6 fully saturated rings. The molecule has 48 heavy (non-hydrogen) atoms. The minimum absolute atomic E-state index is 0.120. The van der Waals surface area contributed by atoms with E-state index in [1.165, 1.54) is 51.6 Å². The number of H-pyrrole nitrogens is 1. The number of hydrogen-bond acceptors (Lipinski definition) is 9. The summed E-state index contributed by atoms with van der Waals surface area (Å²) < 4.78 is 12.7. The summed E-state index contributed by atoms with van der Waals surface area (Å²) in [6, 6.07) is 6.33. The second-order valence-electron chi connectivity index (χ2n) is 15.3. The van der Waals surface area contributed by atoms with E-state index in [9.17, 15) is 9.59 Å². The number of carbonyl (C=O) groups is 2. The Kier molecular flexibility index (Phi) is 9.96. The Morgan fingerprint density at radius 2 is 1.25 bits per heavy atom. The lowest BCUT2D eigenvalue weighted by atomic mass is 9.64. The first-order chi connectivity index (χ1) is 23.4. The molecular formula is C35H55N9O4. The highest BCUT2D eigenvalue weighted by Gasteiger charge is 2.52. The fourth-order valence-electron chi connectivity index (χ4n) is 9.68. The molecule has 0 unspecified atom stereocenters. The molecule has 8 rings (SSSR count). The predicted molar refractivity (Wildman–Crippen MR) is 179 cm³/mol. The van der Waals surface area contributed by atoms with Crippen molar-refractivity contribution in [1.82, 2.24) is 44.8 Å². The number of amides is 2. The number of likely N-dealkylation sites (tertiary alicyclic amines) is 4. The standard InChI is InChI=1S/C19H29N3O2.C16H26N6O2/c1-2-24-18(23)22-12-7-19(15-22)13-17(14-19)21-10-5-16(6-11-21)20-8-3-4-9-20;1-2-24-15(23)22-8-5-16(11-22)9-13(10-16)21-6-3-12(4-7-21)14-17-19-20-18-14/h3-4,8-9,16-17H,2,5-7,10-15H2,1H3;12-13H,2-11H2,1H3,(H,17,18,19,20). The highest BCUT2D eigenvalue weighted by Crippen LogP contribution is 2.52. The maximum atomic E-state index is 11.9. The van der Waals surface area contributed by atoms with Crippen molar-refractivity contribution in [2.24, 2.45) is 10.8 Å². The van der Waals surface area contributed by atoms with E-state index in [4.69, 9.17) is 9.47 Å². The fraction of sp³-hybridized carbons (Fsp3) is 0.800. The molecule has 2 spiro atoms. The van der Waals surface area contributed by atoms with Gasteiger partial charge in [0, 0.05) is 75.7 Å². The van der Waals surface area contributed by atoms with Crippen LogP contribution in [0.3, 0.4) is 0 Å². The summed E-state index contributed by atoms with van der Waals surface area (Å²) in [5.74, 6) is 1.31. The van der Waals surface area contributed by atoms with Crippen molar-refractivity contribution in [3.63, 3.8) is 0 Å². The molecule has 0 aromatic carbocycles. The van der Waals surface area contributed by atoms with Gasteiger partial charge in [0.2, 0.25) is 0 Å². The van der Waals surface area contributed by atoms with E-state index in [0.29, 0.717) is 42.0 Å². The minimum atomic E-state index is -0.140. The number of aromatic nitrogens is 5. The van der Waals surface area contributed by atoms with Crippen LogP contribution in [0, 0.1) is 10.8 Å². The lowest BCUT2D eigenvalue weighted by molar-refractivity contribution is -0.00824. The van der Waals surface area contributed by atoms with E-state index < -0.39 is 0 Å². The van der Waals surface area contributed by atoms with Crippen molar-refractivity contribution in [1.29, 1.82) is 0 Å². The molecule has 0 radical (unpaired) electrons. The number of nitrogens with zero attached hydrogens (tertiary/aromatic N) is 8. The molecule has 2 aliphatic carbocycles. The quantitative estimate of drug-likeness (QED) is 0.474. The number of tetrazole rings is 1. The van der Waals surface area contributed by atoms with Crippen molar-refractivity contribution in [2.75, 3.05) is 65.6 Å². The third-order valence-corrected chi connectivity index (χ3v) is 12.4. The zero-order valence-electron chi connectivity index (χ0n) is 29.0. The minimum Gasteiger partial charge on any atom is -0.450 e. The predicted octanol–water partition coefficient (Wildman–Crippen LogP) is 4.53. The smallest absolute Gasteiger partial charge is 0.409 e. The summed E-state index contributed by atoms with van der Waals surface area (Å²) in [6.07, 6.45) is 16.1. The Balaban J connectivity index is 0.000000152. The zero-order chi connectivity index (χ0) is 33.1. The van der Waals surface area contributed by atoms with Gasteiger partial charge in [0.15, 0.2) is 5.82 Å².